The van der Waals surface area contributed by atoms with E-state index in [2.05, 4.69) is 35.6 Å². The smallest absolute Gasteiger partial charge is 0.258 e. The highest BCUT2D eigenvalue weighted by Crippen LogP contribution is 2.39. The summed E-state index contributed by atoms with van der Waals surface area (Å²) in [6.45, 7) is 2.74. The number of likely N-dealkylation sites (tertiary alicyclic amines) is 1. The van der Waals surface area contributed by atoms with Crippen LogP contribution in [-0.4, -0.2) is 71.3 Å². The number of pyridine rings is 1. The lowest BCUT2D eigenvalue weighted by Crippen LogP contribution is -2.29. The number of hydrogen-bond donors (Lipinski definition) is 2. The second-order valence-electron chi connectivity index (χ2n) is 9.12. The summed E-state index contributed by atoms with van der Waals surface area (Å²) in [6.07, 6.45) is 2.97. The van der Waals surface area contributed by atoms with Crippen LogP contribution in [0.1, 0.15) is 19.8 Å². The Morgan fingerprint density at radius 1 is 1.24 bits per heavy atom. The number of rotatable bonds is 5. The molecule has 1 aliphatic heterocycles. The van der Waals surface area contributed by atoms with Crippen LogP contribution in [0.4, 0.5) is 14.7 Å². The summed E-state index contributed by atoms with van der Waals surface area (Å²) >= 11 is 0. The molecule has 3 atom stereocenters. The van der Waals surface area contributed by atoms with Gasteiger partial charge in [-0.05, 0) is 36.8 Å². The molecule has 2 fully saturated rings. The third-order valence-electron chi connectivity index (χ3n) is 6.91. The maximum atomic E-state index is 12.8. The summed E-state index contributed by atoms with van der Waals surface area (Å²) < 4.78 is 26.8. The lowest BCUT2D eigenvalue weighted by molar-refractivity contribution is -0.128. The van der Waals surface area contributed by atoms with Gasteiger partial charge in [0, 0.05) is 49.4 Å². The number of H-pyrrole nitrogens is 1. The topological polar surface area (TPSA) is 118 Å². The van der Waals surface area contributed by atoms with Crippen molar-refractivity contribution in [2.24, 2.45) is 11.8 Å². The summed E-state index contributed by atoms with van der Waals surface area (Å²) in [6, 6.07) is 3.77. The molecule has 6 rings (SSSR count). The van der Waals surface area contributed by atoms with Crippen molar-refractivity contribution < 1.29 is 13.6 Å². The molecule has 0 bridgehead atoms. The molecule has 2 N–H and O–H groups in total. The summed E-state index contributed by atoms with van der Waals surface area (Å²) in [5.41, 5.74) is 2.79. The standard InChI is InChI=1S/C22H23F2N9O/c1-11(34)32-8-12-4-14(5-13(12)9-32)27-22-26-7-16-15(6-25-20(16)29-22)17-2-3-18-21(28-17)33(31-30-18)10-19(23)24/h2-3,6-7,12-14,19H,4-5,8-10H2,1H3,(H2,25,26,27,29)/t12-,13+,14?. The molecule has 1 saturated carbocycles. The molecule has 4 aromatic heterocycles. The first kappa shape index (κ1) is 20.9. The SMILES string of the molecule is CC(=O)N1C[C@H]2CC(Nc3ncc4c(-c5ccc6nnn(CC(F)F)c6n5)c[nH]c4n3)C[C@H]2C1. The van der Waals surface area contributed by atoms with Crippen LogP contribution >= 0.6 is 0 Å². The van der Waals surface area contributed by atoms with E-state index in [0.717, 1.165) is 41.6 Å². The fraction of sp³-hybridized carbons (Fsp3) is 0.455. The van der Waals surface area contributed by atoms with Gasteiger partial charge in [-0.1, -0.05) is 5.21 Å². The van der Waals surface area contributed by atoms with Crippen LogP contribution in [0.5, 0.6) is 0 Å². The van der Waals surface area contributed by atoms with Gasteiger partial charge in [-0.25, -0.2) is 23.4 Å². The zero-order chi connectivity index (χ0) is 23.4. The molecular formula is C22H23F2N9O. The number of halogens is 2. The third-order valence-corrected chi connectivity index (χ3v) is 6.91. The Hall–Kier alpha value is -3.70. The second-order valence-corrected chi connectivity index (χ2v) is 9.12. The molecule has 34 heavy (non-hydrogen) atoms. The average molecular weight is 467 g/mol. The Morgan fingerprint density at radius 2 is 2.03 bits per heavy atom. The second kappa shape index (κ2) is 7.96. The quantitative estimate of drug-likeness (QED) is 0.463. The van der Waals surface area contributed by atoms with E-state index in [4.69, 9.17) is 0 Å². The number of alkyl halides is 2. The van der Waals surface area contributed by atoms with E-state index >= 15 is 0 Å². The lowest BCUT2D eigenvalue weighted by Gasteiger charge is -2.18. The van der Waals surface area contributed by atoms with Crippen molar-refractivity contribution in [2.75, 3.05) is 18.4 Å². The van der Waals surface area contributed by atoms with Crippen LogP contribution in [0.25, 0.3) is 33.5 Å². The fourth-order valence-electron chi connectivity index (χ4n) is 5.30. The van der Waals surface area contributed by atoms with Gasteiger partial charge in [0.25, 0.3) is 6.43 Å². The molecule has 0 spiro atoms. The largest absolute Gasteiger partial charge is 0.351 e. The third kappa shape index (κ3) is 3.62. The van der Waals surface area contributed by atoms with Gasteiger partial charge < -0.3 is 15.2 Å². The van der Waals surface area contributed by atoms with E-state index in [0.29, 0.717) is 40.3 Å². The Labute approximate surface area is 192 Å². The number of carbonyl (C=O) groups excluding carboxylic acids is 1. The predicted molar refractivity (Wildman–Crippen MR) is 120 cm³/mol. The number of aromatic amines is 1. The Morgan fingerprint density at radius 3 is 2.76 bits per heavy atom. The number of fused-ring (bicyclic) bond motifs is 3. The van der Waals surface area contributed by atoms with Gasteiger partial charge in [0.2, 0.25) is 11.9 Å². The summed E-state index contributed by atoms with van der Waals surface area (Å²) in [4.78, 5) is 30.4. The number of hydrogen-bond acceptors (Lipinski definition) is 7. The first-order chi connectivity index (χ1) is 16.4. The summed E-state index contributed by atoms with van der Waals surface area (Å²) in [7, 11) is 0. The summed E-state index contributed by atoms with van der Waals surface area (Å²) in [5.74, 6) is 1.75. The molecule has 12 heteroatoms. The van der Waals surface area contributed by atoms with Crippen molar-refractivity contribution in [1.29, 1.82) is 0 Å². The van der Waals surface area contributed by atoms with Crippen molar-refractivity contribution in [3.05, 3.63) is 24.5 Å². The zero-order valence-corrected chi connectivity index (χ0v) is 18.4. The van der Waals surface area contributed by atoms with Crippen LogP contribution in [0, 0.1) is 11.8 Å². The lowest BCUT2D eigenvalue weighted by atomic mass is 10.0. The highest BCUT2D eigenvalue weighted by Gasteiger charge is 2.41. The number of nitrogens with one attached hydrogen (secondary N) is 2. The molecule has 1 saturated heterocycles. The fourth-order valence-corrected chi connectivity index (χ4v) is 5.30. The Bertz CT molecular complexity index is 1370. The maximum absolute atomic E-state index is 12.8. The summed E-state index contributed by atoms with van der Waals surface area (Å²) in [5, 5.41) is 11.9. The first-order valence-electron chi connectivity index (χ1n) is 11.3. The molecule has 0 radical (unpaired) electrons. The van der Waals surface area contributed by atoms with Crippen LogP contribution in [0.3, 0.4) is 0 Å². The van der Waals surface area contributed by atoms with Crippen molar-refractivity contribution in [3.63, 3.8) is 0 Å². The van der Waals surface area contributed by atoms with Crippen LogP contribution in [-0.2, 0) is 11.3 Å². The van der Waals surface area contributed by atoms with Gasteiger partial charge in [-0.2, -0.15) is 4.98 Å². The van der Waals surface area contributed by atoms with Crippen LogP contribution < -0.4 is 5.32 Å². The molecule has 1 aliphatic carbocycles. The highest BCUT2D eigenvalue weighted by molar-refractivity contribution is 5.93. The number of anilines is 1. The zero-order valence-electron chi connectivity index (χ0n) is 18.4. The van der Waals surface area contributed by atoms with Crippen molar-refractivity contribution in [3.8, 4) is 11.3 Å². The van der Waals surface area contributed by atoms with E-state index in [1.807, 2.05) is 4.90 Å². The van der Waals surface area contributed by atoms with E-state index in [1.165, 1.54) is 0 Å². The normalized spacial score (nSPS) is 22.2. The number of nitrogens with zero attached hydrogens (tertiary/aromatic N) is 7. The molecule has 2 aliphatic rings. The van der Waals surface area contributed by atoms with E-state index < -0.39 is 13.0 Å². The number of amides is 1. The van der Waals surface area contributed by atoms with Gasteiger partial charge in [0.05, 0.1) is 5.69 Å². The molecule has 10 nitrogen and oxygen atoms in total. The molecule has 5 heterocycles. The van der Waals surface area contributed by atoms with Crippen molar-refractivity contribution in [1.82, 2.24) is 39.8 Å². The molecule has 176 valence electrons. The minimum atomic E-state index is -2.55. The number of carbonyl (C=O) groups is 1. The van der Waals surface area contributed by atoms with E-state index in [9.17, 15) is 13.6 Å². The predicted octanol–water partition coefficient (Wildman–Crippen LogP) is 2.70. The van der Waals surface area contributed by atoms with E-state index in [-0.39, 0.29) is 11.9 Å². The molecule has 1 amide bonds. The van der Waals surface area contributed by atoms with Crippen LogP contribution in [0.2, 0.25) is 0 Å². The van der Waals surface area contributed by atoms with Gasteiger partial charge in [0.15, 0.2) is 5.65 Å². The average Bonchev–Trinajstić information content (AvgIpc) is 3.55. The van der Waals surface area contributed by atoms with Gasteiger partial charge in [-0.3, -0.25) is 4.79 Å². The monoisotopic (exact) mass is 467 g/mol. The minimum absolute atomic E-state index is 0.152. The molecule has 4 aromatic rings. The van der Waals surface area contributed by atoms with Crippen molar-refractivity contribution >= 4 is 34.1 Å². The van der Waals surface area contributed by atoms with Gasteiger partial charge in [0.1, 0.15) is 17.7 Å². The Kier molecular flexibility index (Phi) is 4.89. The Balaban J connectivity index is 1.21. The molecule has 1 unspecified atom stereocenters. The minimum Gasteiger partial charge on any atom is -0.351 e. The van der Waals surface area contributed by atoms with Gasteiger partial charge >= 0.3 is 0 Å². The van der Waals surface area contributed by atoms with E-state index in [1.54, 1.807) is 31.5 Å². The first-order valence-corrected chi connectivity index (χ1v) is 11.3. The van der Waals surface area contributed by atoms with Crippen LogP contribution in [0.15, 0.2) is 24.5 Å². The molecular weight excluding hydrogens is 444 g/mol. The highest BCUT2D eigenvalue weighted by atomic mass is 19.3. The maximum Gasteiger partial charge on any atom is 0.258 e. The van der Waals surface area contributed by atoms with Gasteiger partial charge in [-0.15, -0.1) is 5.10 Å². The number of aromatic nitrogens is 7. The molecule has 0 aromatic carbocycles. The van der Waals surface area contributed by atoms with Crippen molar-refractivity contribution in [2.45, 2.75) is 38.8 Å².